The fourth-order valence-corrected chi connectivity index (χ4v) is 2.51. The van der Waals surface area contributed by atoms with Crippen molar-refractivity contribution < 1.29 is 19.1 Å². The minimum atomic E-state index is -0.425. The van der Waals surface area contributed by atoms with Crippen LogP contribution in [0.1, 0.15) is 47.0 Å². The first-order valence-electron chi connectivity index (χ1n) is 9.05. The van der Waals surface area contributed by atoms with Gasteiger partial charge in [-0.05, 0) is 54.6 Å². The lowest BCUT2D eigenvalue weighted by molar-refractivity contribution is -0.137. The van der Waals surface area contributed by atoms with Crippen LogP contribution in [0.3, 0.4) is 0 Å². The molecule has 0 atom stereocenters. The van der Waals surface area contributed by atoms with Crippen LogP contribution in [0.2, 0.25) is 0 Å². The zero-order valence-electron chi connectivity index (χ0n) is 16.9. The number of imide groups is 1. The van der Waals surface area contributed by atoms with E-state index in [1.807, 2.05) is 27.9 Å². The van der Waals surface area contributed by atoms with Gasteiger partial charge >= 0.3 is 0 Å². The highest BCUT2D eigenvalue weighted by Crippen LogP contribution is 2.17. The number of rotatable bonds is 11. The van der Waals surface area contributed by atoms with Crippen LogP contribution in [-0.2, 0) is 19.1 Å². The van der Waals surface area contributed by atoms with Gasteiger partial charge in [0.25, 0.3) is 11.8 Å². The van der Waals surface area contributed by atoms with E-state index in [0.717, 1.165) is 17.9 Å². The van der Waals surface area contributed by atoms with Crippen LogP contribution in [0.25, 0.3) is 0 Å². The molecule has 1 N–H and O–H groups in total. The molecule has 0 aromatic heterocycles. The van der Waals surface area contributed by atoms with Gasteiger partial charge in [0.05, 0.1) is 5.60 Å². The van der Waals surface area contributed by atoms with Crippen LogP contribution in [0.4, 0.5) is 0 Å². The zero-order valence-corrected chi connectivity index (χ0v) is 16.9. The molecule has 0 aliphatic carbocycles. The van der Waals surface area contributed by atoms with Crippen molar-refractivity contribution in [3.63, 3.8) is 0 Å². The summed E-state index contributed by atoms with van der Waals surface area (Å²) in [5.41, 5.74) is -0.639. The van der Waals surface area contributed by atoms with Crippen molar-refractivity contribution in [2.75, 3.05) is 33.8 Å². The monoisotopic (exact) mass is 367 g/mol. The maximum atomic E-state index is 12.1. The van der Waals surface area contributed by atoms with E-state index in [9.17, 15) is 14.4 Å². The Morgan fingerprint density at radius 2 is 1.69 bits per heavy atom. The van der Waals surface area contributed by atoms with E-state index < -0.39 is 5.54 Å². The van der Waals surface area contributed by atoms with E-state index >= 15 is 0 Å². The van der Waals surface area contributed by atoms with Crippen LogP contribution in [0, 0.1) is 0 Å². The minimum Gasteiger partial charge on any atom is -0.375 e. The summed E-state index contributed by atoms with van der Waals surface area (Å²) >= 11 is 0. The predicted molar refractivity (Wildman–Crippen MR) is 101 cm³/mol. The summed E-state index contributed by atoms with van der Waals surface area (Å²) < 4.78 is 5.98. The van der Waals surface area contributed by atoms with Gasteiger partial charge in [0.15, 0.2) is 0 Å². The Labute approximate surface area is 156 Å². The summed E-state index contributed by atoms with van der Waals surface area (Å²) in [7, 11) is 4.07. The largest absolute Gasteiger partial charge is 0.375 e. The molecule has 0 unspecified atom stereocenters. The summed E-state index contributed by atoms with van der Waals surface area (Å²) in [5.74, 6) is -0.916. The lowest BCUT2D eigenvalue weighted by Crippen LogP contribution is -2.46. The van der Waals surface area contributed by atoms with Crippen molar-refractivity contribution in [3.05, 3.63) is 12.2 Å². The first-order valence-corrected chi connectivity index (χ1v) is 9.05. The molecule has 0 bridgehead atoms. The van der Waals surface area contributed by atoms with Crippen molar-refractivity contribution in [1.29, 1.82) is 0 Å². The van der Waals surface area contributed by atoms with Crippen molar-refractivity contribution in [1.82, 2.24) is 15.1 Å². The Hall–Kier alpha value is -1.73. The number of hydrogen-bond acceptors (Lipinski definition) is 5. The van der Waals surface area contributed by atoms with Gasteiger partial charge in [0, 0.05) is 43.8 Å². The number of ether oxygens (including phenoxy) is 1. The molecule has 1 aliphatic heterocycles. The summed E-state index contributed by atoms with van der Waals surface area (Å²) in [6.45, 7) is 9.61. The van der Waals surface area contributed by atoms with Gasteiger partial charge in [0.2, 0.25) is 5.91 Å². The van der Waals surface area contributed by atoms with Gasteiger partial charge in [-0.1, -0.05) is 0 Å². The first-order chi connectivity index (χ1) is 11.9. The number of carbonyl (C=O) groups excluding carboxylic acids is 3. The third-order valence-corrected chi connectivity index (χ3v) is 4.32. The summed E-state index contributed by atoms with van der Waals surface area (Å²) in [6.07, 6.45) is 4.14. The first kappa shape index (κ1) is 22.3. The van der Waals surface area contributed by atoms with Crippen LogP contribution in [-0.4, -0.2) is 72.5 Å². The molecule has 0 saturated carbocycles. The maximum Gasteiger partial charge on any atom is 0.253 e. The fraction of sp³-hybridized carbons (Fsp3) is 0.737. The van der Waals surface area contributed by atoms with Crippen LogP contribution in [0.5, 0.6) is 0 Å². The Kier molecular flexibility index (Phi) is 7.96. The highest BCUT2D eigenvalue weighted by atomic mass is 16.5. The Balaban J connectivity index is 2.33. The van der Waals surface area contributed by atoms with Gasteiger partial charge in [-0.3, -0.25) is 19.3 Å². The van der Waals surface area contributed by atoms with Gasteiger partial charge in [-0.2, -0.15) is 0 Å². The van der Waals surface area contributed by atoms with E-state index in [4.69, 9.17) is 4.74 Å². The van der Waals surface area contributed by atoms with Gasteiger partial charge in [0.1, 0.15) is 0 Å². The van der Waals surface area contributed by atoms with Crippen molar-refractivity contribution >= 4 is 17.7 Å². The SMILES string of the molecule is CN(C)CCC(C)(C)OCCC(C)(C)NC(=O)CCN1C(=O)C=CC1=O. The summed E-state index contributed by atoms with van der Waals surface area (Å²) in [6, 6.07) is 0. The lowest BCUT2D eigenvalue weighted by Gasteiger charge is -2.31. The Morgan fingerprint density at radius 3 is 2.23 bits per heavy atom. The number of amides is 3. The standard InChI is InChI=1S/C19H33N3O4/c1-18(2,11-14-26-19(3,4)10-13-21(5)6)20-15(23)9-12-22-16(24)7-8-17(22)25/h7-8H,9-14H2,1-6H3,(H,20,23). The van der Waals surface area contributed by atoms with Gasteiger partial charge in [-0.25, -0.2) is 0 Å². The third kappa shape index (κ3) is 8.10. The lowest BCUT2D eigenvalue weighted by atomic mass is 10.00. The molecule has 0 aromatic rings. The Bertz CT molecular complexity index is 535. The predicted octanol–water partition coefficient (Wildman–Crippen LogP) is 1.33. The molecule has 0 aromatic carbocycles. The Morgan fingerprint density at radius 1 is 1.12 bits per heavy atom. The number of carbonyl (C=O) groups is 3. The molecule has 7 heteroatoms. The second-order valence-electron chi connectivity index (χ2n) is 8.25. The van der Waals surface area contributed by atoms with E-state index in [2.05, 4.69) is 24.1 Å². The smallest absolute Gasteiger partial charge is 0.253 e. The molecule has 7 nitrogen and oxygen atoms in total. The molecular formula is C19H33N3O4. The normalized spacial score (nSPS) is 15.3. The molecule has 148 valence electrons. The highest BCUT2D eigenvalue weighted by Gasteiger charge is 2.26. The summed E-state index contributed by atoms with van der Waals surface area (Å²) in [5, 5.41) is 2.95. The quantitative estimate of drug-likeness (QED) is 0.558. The average molecular weight is 367 g/mol. The van der Waals surface area contributed by atoms with Crippen LogP contribution >= 0.6 is 0 Å². The maximum absolute atomic E-state index is 12.1. The minimum absolute atomic E-state index is 0.0950. The molecule has 1 rings (SSSR count). The zero-order chi connectivity index (χ0) is 20.0. The van der Waals surface area contributed by atoms with Crippen LogP contribution < -0.4 is 5.32 Å². The molecule has 0 radical (unpaired) electrons. The van der Waals surface area contributed by atoms with Crippen LogP contribution in [0.15, 0.2) is 12.2 Å². The van der Waals surface area contributed by atoms with E-state index in [1.165, 1.54) is 12.2 Å². The molecule has 26 heavy (non-hydrogen) atoms. The molecule has 0 fully saturated rings. The molecule has 0 saturated heterocycles. The highest BCUT2D eigenvalue weighted by molar-refractivity contribution is 6.13. The fourth-order valence-electron chi connectivity index (χ4n) is 2.51. The average Bonchev–Trinajstić information content (AvgIpc) is 2.81. The summed E-state index contributed by atoms with van der Waals surface area (Å²) in [4.78, 5) is 38.3. The molecular weight excluding hydrogens is 334 g/mol. The molecule has 0 spiro atoms. The van der Waals surface area contributed by atoms with E-state index in [1.54, 1.807) is 0 Å². The van der Waals surface area contributed by atoms with Gasteiger partial charge in [-0.15, -0.1) is 0 Å². The molecule has 1 heterocycles. The second kappa shape index (κ2) is 9.28. The number of nitrogens with zero attached hydrogens (tertiary/aromatic N) is 2. The van der Waals surface area contributed by atoms with E-state index in [0.29, 0.717) is 13.0 Å². The van der Waals surface area contributed by atoms with Gasteiger partial charge < -0.3 is 15.0 Å². The topological polar surface area (TPSA) is 79.0 Å². The van der Waals surface area contributed by atoms with Crippen molar-refractivity contribution in [2.24, 2.45) is 0 Å². The van der Waals surface area contributed by atoms with Crippen molar-refractivity contribution in [2.45, 2.75) is 58.1 Å². The molecule has 1 aliphatic rings. The number of nitrogens with one attached hydrogen (secondary N) is 1. The molecule has 3 amide bonds. The second-order valence-corrected chi connectivity index (χ2v) is 8.25. The van der Waals surface area contributed by atoms with E-state index in [-0.39, 0.29) is 36.3 Å². The third-order valence-electron chi connectivity index (χ3n) is 4.32. The number of hydrogen-bond donors (Lipinski definition) is 1. The van der Waals surface area contributed by atoms with Crippen molar-refractivity contribution in [3.8, 4) is 0 Å².